The molecule has 0 heterocycles. The van der Waals surface area contributed by atoms with Crippen molar-refractivity contribution >= 4 is 21.4 Å². The van der Waals surface area contributed by atoms with Crippen molar-refractivity contribution in [1.82, 2.24) is 0 Å². The fourth-order valence-corrected chi connectivity index (χ4v) is 2.99. The van der Waals surface area contributed by atoms with Gasteiger partial charge in [-0.15, -0.1) is 0 Å². The molecule has 20 heavy (non-hydrogen) atoms. The molecule has 0 saturated carbocycles. The third-order valence-electron chi connectivity index (χ3n) is 2.63. The molecule has 2 aromatic rings. The summed E-state index contributed by atoms with van der Waals surface area (Å²) in [6.07, 6.45) is 0. The minimum atomic E-state index is -3.72. The first kappa shape index (κ1) is 13.9. The van der Waals surface area contributed by atoms with Gasteiger partial charge in [0.1, 0.15) is 0 Å². The minimum absolute atomic E-state index is 0.0948. The van der Waals surface area contributed by atoms with Crippen LogP contribution < -0.4 is 10.5 Å². The molecule has 0 aliphatic rings. The molecule has 0 aromatic heterocycles. The second-order valence-electron chi connectivity index (χ2n) is 4.38. The molecule has 0 fully saturated rings. The van der Waals surface area contributed by atoms with Gasteiger partial charge in [-0.25, -0.2) is 8.42 Å². The van der Waals surface area contributed by atoms with Crippen LogP contribution in [-0.4, -0.2) is 8.42 Å². The summed E-state index contributed by atoms with van der Waals surface area (Å²) in [5.74, 6) is 0. The summed E-state index contributed by atoms with van der Waals surface area (Å²) in [5, 5.41) is 8.81. The highest BCUT2D eigenvalue weighted by molar-refractivity contribution is 7.92. The lowest BCUT2D eigenvalue weighted by Gasteiger charge is -2.09. The van der Waals surface area contributed by atoms with Crippen molar-refractivity contribution in [3.63, 3.8) is 0 Å². The van der Waals surface area contributed by atoms with Gasteiger partial charge in [-0.2, -0.15) is 5.26 Å². The Bertz CT molecular complexity index is 772. The third kappa shape index (κ3) is 3.08. The van der Waals surface area contributed by atoms with E-state index < -0.39 is 10.0 Å². The van der Waals surface area contributed by atoms with Gasteiger partial charge in [0.2, 0.25) is 0 Å². The number of anilines is 2. The number of hydrogen-bond donors (Lipinski definition) is 2. The maximum absolute atomic E-state index is 12.3. The molecule has 5 nitrogen and oxygen atoms in total. The number of nitrogens with two attached hydrogens (primary N) is 1. The first-order valence-electron chi connectivity index (χ1n) is 5.81. The molecule has 0 aliphatic carbocycles. The van der Waals surface area contributed by atoms with Gasteiger partial charge in [-0.1, -0.05) is 6.07 Å². The Morgan fingerprint density at radius 3 is 2.60 bits per heavy atom. The summed E-state index contributed by atoms with van der Waals surface area (Å²) in [4.78, 5) is 0.0948. The number of nitriles is 1. The monoisotopic (exact) mass is 287 g/mol. The van der Waals surface area contributed by atoms with Crippen molar-refractivity contribution < 1.29 is 8.42 Å². The largest absolute Gasteiger partial charge is 0.399 e. The van der Waals surface area contributed by atoms with Crippen molar-refractivity contribution in [2.24, 2.45) is 0 Å². The molecule has 3 N–H and O–H groups in total. The number of aryl methyl sites for hydroxylation is 1. The summed E-state index contributed by atoms with van der Waals surface area (Å²) in [7, 11) is -3.72. The van der Waals surface area contributed by atoms with Gasteiger partial charge in [0, 0.05) is 5.69 Å². The third-order valence-corrected chi connectivity index (χ3v) is 3.99. The fourth-order valence-electron chi connectivity index (χ4n) is 1.80. The zero-order chi connectivity index (χ0) is 14.8. The molecule has 0 bridgehead atoms. The summed E-state index contributed by atoms with van der Waals surface area (Å²) in [6.45, 7) is 1.77. The van der Waals surface area contributed by atoms with Crippen molar-refractivity contribution in [2.45, 2.75) is 11.8 Å². The normalized spacial score (nSPS) is 10.8. The predicted octanol–water partition coefficient (Wildman–Crippen LogP) is 2.25. The van der Waals surface area contributed by atoms with E-state index in [1.165, 1.54) is 18.2 Å². The lowest BCUT2D eigenvalue weighted by atomic mass is 10.2. The minimum Gasteiger partial charge on any atom is -0.399 e. The van der Waals surface area contributed by atoms with Gasteiger partial charge < -0.3 is 5.73 Å². The van der Waals surface area contributed by atoms with Crippen LogP contribution in [0.4, 0.5) is 11.4 Å². The molecule has 0 atom stereocenters. The zero-order valence-corrected chi connectivity index (χ0v) is 11.6. The van der Waals surface area contributed by atoms with Gasteiger partial charge in [0.15, 0.2) is 0 Å². The van der Waals surface area contributed by atoms with E-state index in [9.17, 15) is 8.42 Å². The number of sulfonamides is 1. The van der Waals surface area contributed by atoms with Crippen LogP contribution in [0.15, 0.2) is 47.4 Å². The highest BCUT2D eigenvalue weighted by Crippen LogP contribution is 2.20. The van der Waals surface area contributed by atoms with Crippen molar-refractivity contribution in [3.05, 3.63) is 53.6 Å². The number of nitrogens with zero attached hydrogens (tertiary/aromatic N) is 1. The number of rotatable bonds is 3. The van der Waals surface area contributed by atoms with E-state index in [4.69, 9.17) is 11.0 Å². The van der Waals surface area contributed by atoms with Gasteiger partial charge >= 0.3 is 0 Å². The molecule has 0 saturated heterocycles. The Labute approximate surface area is 117 Å². The van der Waals surface area contributed by atoms with Crippen molar-refractivity contribution in [1.29, 1.82) is 5.26 Å². The van der Waals surface area contributed by atoms with Crippen LogP contribution in [0, 0.1) is 18.3 Å². The average molecular weight is 287 g/mol. The lowest BCUT2D eigenvalue weighted by Crippen LogP contribution is -2.13. The van der Waals surface area contributed by atoms with Crippen LogP contribution in [0.2, 0.25) is 0 Å². The summed E-state index contributed by atoms with van der Waals surface area (Å²) < 4.78 is 26.9. The Hall–Kier alpha value is -2.52. The second-order valence-corrected chi connectivity index (χ2v) is 6.06. The Balaban J connectivity index is 2.38. The number of nitrogens with one attached hydrogen (secondary N) is 1. The molecule has 0 unspecified atom stereocenters. The highest BCUT2D eigenvalue weighted by Gasteiger charge is 2.15. The van der Waals surface area contributed by atoms with Crippen LogP contribution in [0.3, 0.4) is 0 Å². The Morgan fingerprint density at radius 1 is 1.20 bits per heavy atom. The number of nitrogen functional groups attached to an aromatic ring is 1. The number of benzene rings is 2. The van der Waals surface area contributed by atoms with Gasteiger partial charge in [0.05, 0.1) is 22.2 Å². The first-order valence-corrected chi connectivity index (χ1v) is 7.29. The zero-order valence-electron chi connectivity index (χ0n) is 10.8. The molecule has 0 radical (unpaired) electrons. The predicted molar refractivity (Wildman–Crippen MR) is 77.6 cm³/mol. The molecular weight excluding hydrogens is 274 g/mol. The first-order chi connectivity index (χ1) is 9.40. The second kappa shape index (κ2) is 5.23. The van der Waals surface area contributed by atoms with Gasteiger partial charge in [0.25, 0.3) is 10.0 Å². The van der Waals surface area contributed by atoms with Crippen molar-refractivity contribution in [3.8, 4) is 6.07 Å². The van der Waals surface area contributed by atoms with E-state index in [0.29, 0.717) is 16.9 Å². The standard InChI is InChI=1S/C14H13N3O2S/c1-10-5-12(16)8-14(6-10)20(18,19)17-13-4-2-3-11(7-13)9-15/h2-8,17H,16H2,1H3. The van der Waals surface area contributed by atoms with Crippen molar-refractivity contribution in [2.75, 3.05) is 10.5 Å². The Kier molecular flexibility index (Phi) is 3.63. The van der Waals surface area contributed by atoms with Crippen LogP contribution in [0.25, 0.3) is 0 Å². The lowest BCUT2D eigenvalue weighted by molar-refractivity contribution is 0.601. The summed E-state index contributed by atoms with van der Waals surface area (Å²) in [6, 6.07) is 12.8. The van der Waals surface area contributed by atoms with E-state index in [2.05, 4.69) is 4.72 Å². The topological polar surface area (TPSA) is 96.0 Å². The smallest absolute Gasteiger partial charge is 0.261 e. The highest BCUT2D eigenvalue weighted by atomic mass is 32.2. The van der Waals surface area contributed by atoms with E-state index in [0.717, 1.165) is 5.56 Å². The van der Waals surface area contributed by atoms with Gasteiger partial charge in [-0.05, 0) is 48.9 Å². The van der Waals surface area contributed by atoms with E-state index in [-0.39, 0.29) is 4.90 Å². The number of hydrogen-bond acceptors (Lipinski definition) is 4. The van der Waals surface area contributed by atoms with Gasteiger partial charge in [-0.3, -0.25) is 4.72 Å². The average Bonchev–Trinajstić information content (AvgIpc) is 2.37. The molecule has 0 amide bonds. The maximum Gasteiger partial charge on any atom is 0.261 e. The fraction of sp³-hybridized carbons (Fsp3) is 0.0714. The van der Waals surface area contributed by atoms with Crippen LogP contribution in [-0.2, 0) is 10.0 Å². The molecule has 6 heteroatoms. The van der Waals surface area contributed by atoms with Crippen LogP contribution in [0.5, 0.6) is 0 Å². The molecule has 0 aliphatic heterocycles. The molecule has 2 rings (SSSR count). The van der Waals surface area contributed by atoms with E-state index in [1.54, 1.807) is 31.2 Å². The molecule has 102 valence electrons. The molecule has 2 aromatic carbocycles. The maximum atomic E-state index is 12.3. The summed E-state index contributed by atoms with van der Waals surface area (Å²) in [5.41, 5.74) is 7.53. The SMILES string of the molecule is Cc1cc(N)cc(S(=O)(=O)Nc2cccc(C#N)c2)c1. The molecular formula is C14H13N3O2S. The Morgan fingerprint density at radius 2 is 1.95 bits per heavy atom. The van der Waals surface area contributed by atoms with E-state index >= 15 is 0 Å². The van der Waals surface area contributed by atoms with E-state index in [1.807, 2.05) is 6.07 Å². The van der Waals surface area contributed by atoms with Crippen LogP contribution >= 0.6 is 0 Å². The van der Waals surface area contributed by atoms with Crippen LogP contribution in [0.1, 0.15) is 11.1 Å². The quantitative estimate of drug-likeness (QED) is 0.846. The summed E-state index contributed by atoms with van der Waals surface area (Å²) >= 11 is 0. The molecule has 0 spiro atoms.